The lowest BCUT2D eigenvalue weighted by Gasteiger charge is -2.17. The molecule has 116 valence electrons. The first kappa shape index (κ1) is 14.4. The molecular formula is C16H20N4O2. The zero-order valence-electron chi connectivity index (χ0n) is 12.8. The summed E-state index contributed by atoms with van der Waals surface area (Å²) in [6.45, 7) is 3.33. The summed E-state index contributed by atoms with van der Waals surface area (Å²) in [5, 5.41) is 6.90. The molecule has 0 saturated carbocycles. The number of hydrogen-bond donors (Lipinski definition) is 2. The van der Waals surface area contributed by atoms with Crippen molar-refractivity contribution < 1.29 is 9.53 Å². The van der Waals surface area contributed by atoms with Crippen LogP contribution in [-0.4, -0.2) is 41.2 Å². The first-order valence-electron chi connectivity index (χ1n) is 7.32. The second-order valence-electron chi connectivity index (χ2n) is 5.66. The van der Waals surface area contributed by atoms with Gasteiger partial charge in [-0.05, 0) is 31.0 Å². The van der Waals surface area contributed by atoms with Gasteiger partial charge in [-0.3, -0.25) is 9.89 Å². The maximum Gasteiger partial charge on any atom is 0.254 e. The molecule has 0 radical (unpaired) electrons. The van der Waals surface area contributed by atoms with Gasteiger partial charge in [0.25, 0.3) is 5.91 Å². The molecule has 22 heavy (non-hydrogen) atoms. The summed E-state index contributed by atoms with van der Waals surface area (Å²) in [7, 11) is 1.61. The third-order valence-corrected chi connectivity index (χ3v) is 4.24. The number of methoxy groups -OCH3 is 1. The lowest BCUT2D eigenvalue weighted by molar-refractivity contribution is 0.0790. The van der Waals surface area contributed by atoms with Gasteiger partial charge in [-0.1, -0.05) is 6.07 Å². The van der Waals surface area contributed by atoms with Crippen molar-refractivity contribution in [2.45, 2.75) is 19.3 Å². The highest BCUT2D eigenvalue weighted by Gasteiger charge is 2.30. The van der Waals surface area contributed by atoms with E-state index in [4.69, 9.17) is 10.5 Å². The van der Waals surface area contributed by atoms with Crippen molar-refractivity contribution in [3.8, 4) is 5.75 Å². The Balaban J connectivity index is 1.75. The summed E-state index contributed by atoms with van der Waals surface area (Å²) in [5.41, 5.74) is 9.16. The number of likely N-dealkylation sites (tertiary alicyclic amines) is 1. The molecule has 2 aromatic rings. The Morgan fingerprint density at radius 2 is 2.32 bits per heavy atom. The van der Waals surface area contributed by atoms with E-state index in [1.165, 1.54) is 0 Å². The Hall–Kier alpha value is -2.50. The van der Waals surface area contributed by atoms with Crippen LogP contribution in [0, 0.1) is 6.92 Å². The zero-order chi connectivity index (χ0) is 15.7. The lowest BCUT2D eigenvalue weighted by Crippen LogP contribution is -2.28. The van der Waals surface area contributed by atoms with Gasteiger partial charge in [-0.15, -0.1) is 0 Å². The number of carbonyl (C=O) groups excluding carboxylic acids is 1. The molecule has 0 spiro atoms. The Morgan fingerprint density at radius 3 is 3.00 bits per heavy atom. The van der Waals surface area contributed by atoms with Gasteiger partial charge in [0.1, 0.15) is 5.75 Å². The lowest BCUT2D eigenvalue weighted by atomic mass is 10.0. The van der Waals surface area contributed by atoms with Crippen molar-refractivity contribution in [2.24, 2.45) is 0 Å². The monoisotopic (exact) mass is 300 g/mol. The van der Waals surface area contributed by atoms with E-state index in [0.717, 1.165) is 30.0 Å². The van der Waals surface area contributed by atoms with Gasteiger partial charge in [-0.25, -0.2) is 0 Å². The van der Waals surface area contributed by atoms with Gasteiger partial charge in [0.05, 0.1) is 24.7 Å². The number of H-pyrrole nitrogens is 1. The van der Waals surface area contributed by atoms with Crippen molar-refractivity contribution in [3.05, 3.63) is 41.2 Å². The molecule has 1 aliphatic rings. The summed E-state index contributed by atoms with van der Waals surface area (Å²) < 4.78 is 5.29. The fourth-order valence-corrected chi connectivity index (χ4v) is 2.95. The smallest absolute Gasteiger partial charge is 0.254 e. The minimum absolute atomic E-state index is 0.0267. The predicted molar refractivity (Wildman–Crippen MR) is 84.0 cm³/mol. The minimum atomic E-state index is 0.0267. The number of hydrogen-bond acceptors (Lipinski definition) is 4. The number of nitrogens with one attached hydrogen (secondary N) is 1. The molecule has 0 aliphatic carbocycles. The first-order chi connectivity index (χ1) is 10.6. The molecule has 1 atom stereocenters. The Labute approximate surface area is 129 Å². The third-order valence-electron chi connectivity index (χ3n) is 4.24. The fraction of sp³-hybridized carbons (Fsp3) is 0.375. The molecule has 3 rings (SSSR count). The Bertz CT molecular complexity index is 695. The van der Waals surface area contributed by atoms with Crippen LogP contribution in [0.1, 0.15) is 34.0 Å². The summed E-state index contributed by atoms with van der Waals surface area (Å²) in [4.78, 5) is 14.5. The maximum absolute atomic E-state index is 12.6. The number of nitrogens with zero attached hydrogens (tertiary/aromatic N) is 2. The van der Waals surface area contributed by atoms with Gasteiger partial charge >= 0.3 is 0 Å². The summed E-state index contributed by atoms with van der Waals surface area (Å²) in [5.74, 6) is 0.983. The van der Waals surface area contributed by atoms with Crippen molar-refractivity contribution in [1.29, 1.82) is 0 Å². The number of rotatable bonds is 3. The topological polar surface area (TPSA) is 84.2 Å². The highest BCUT2D eigenvalue weighted by molar-refractivity contribution is 5.95. The fourth-order valence-electron chi connectivity index (χ4n) is 2.95. The van der Waals surface area contributed by atoms with E-state index in [1.807, 2.05) is 24.0 Å². The standard InChI is InChI=1S/C16H20N4O2/c1-10-3-4-11(7-14(10)22-2)16(21)20-6-5-12(9-20)15-13(17)8-18-19-15/h3-4,7-8,12H,5-6,9,17H2,1-2H3,(H,18,19). The normalized spacial score (nSPS) is 17.7. The highest BCUT2D eigenvalue weighted by atomic mass is 16.5. The molecule has 2 heterocycles. The Kier molecular flexibility index (Phi) is 3.75. The van der Waals surface area contributed by atoms with Crippen molar-refractivity contribution in [1.82, 2.24) is 15.1 Å². The second kappa shape index (κ2) is 5.71. The number of carbonyl (C=O) groups is 1. The van der Waals surface area contributed by atoms with Crippen LogP contribution in [0.4, 0.5) is 5.69 Å². The molecule has 1 aliphatic heterocycles. The van der Waals surface area contributed by atoms with Gasteiger partial charge in [0.2, 0.25) is 0 Å². The molecule has 0 bridgehead atoms. The quantitative estimate of drug-likeness (QED) is 0.907. The van der Waals surface area contributed by atoms with Crippen LogP contribution in [0.3, 0.4) is 0 Å². The van der Waals surface area contributed by atoms with Crippen molar-refractivity contribution >= 4 is 11.6 Å². The Morgan fingerprint density at radius 1 is 1.50 bits per heavy atom. The number of aryl methyl sites for hydroxylation is 1. The first-order valence-corrected chi connectivity index (χ1v) is 7.32. The van der Waals surface area contributed by atoms with Crippen LogP contribution >= 0.6 is 0 Å². The molecule has 1 aromatic carbocycles. The van der Waals surface area contributed by atoms with Gasteiger partial charge in [0, 0.05) is 24.6 Å². The van der Waals surface area contributed by atoms with Gasteiger partial charge in [-0.2, -0.15) is 5.10 Å². The van der Waals surface area contributed by atoms with E-state index in [-0.39, 0.29) is 11.8 Å². The highest BCUT2D eigenvalue weighted by Crippen LogP contribution is 2.30. The van der Waals surface area contributed by atoms with Gasteiger partial charge < -0.3 is 15.4 Å². The van der Waals surface area contributed by atoms with Crippen LogP contribution in [0.5, 0.6) is 5.75 Å². The maximum atomic E-state index is 12.6. The minimum Gasteiger partial charge on any atom is -0.496 e. The molecule has 1 amide bonds. The number of aromatic nitrogens is 2. The summed E-state index contributed by atoms with van der Waals surface area (Å²) in [6, 6.07) is 5.56. The molecule has 3 N–H and O–H groups in total. The SMILES string of the molecule is COc1cc(C(=O)N2CCC(c3[nH]ncc3N)C2)ccc1C. The van der Waals surface area contributed by atoms with E-state index < -0.39 is 0 Å². The second-order valence-corrected chi connectivity index (χ2v) is 5.66. The molecule has 1 unspecified atom stereocenters. The van der Waals surface area contributed by atoms with Crippen molar-refractivity contribution in [3.63, 3.8) is 0 Å². The number of amides is 1. The van der Waals surface area contributed by atoms with Crippen LogP contribution in [-0.2, 0) is 0 Å². The molecule has 1 aromatic heterocycles. The number of anilines is 1. The molecule has 6 nitrogen and oxygen atoms in total. The zero-order valence-corrected chi connectivity index (χ0v) is 12.8. The van der Waals surface area contributed by atoms with E-state index in [9.17, 15) is 4.79 Å². The number of nitrogens with two attached hydrogens (primary N) is 1. The van der Waals surface area contributed by atoms with E-state index in [2.05, 4.69) is 10.2 Å². The molecule has 1 fully saturated rings. The van der Waals surface area contributed by atoms with Crippen LogP contribution < -0.4 is 10.5 Å². The predicted octanol–water partition coefficient (Wildman–Crippen LogP) is 1.94. The molecular weight excluding hydrogens is 280 g/mol. The number of nitrogen functional groups attached to an aromatic ring is 1. The van der Waals surface area contributed by atoms with Gasteiger partial charge in [0.15, 0.2) is 0 Å². The van der Waals surface area contributed by atoms with Crippen LogP contribution in [0.2, 0.25) is 0 Å². The molecule has 6 heteroatoms. The summed E-state index contributed by atoms with van der Waals surface area (Å²) >= 11 is 0. The average Bonchev–Trinajstić information content (AvgIpc) is 3.15. The molecule has 1 saturated heterocycles. The summed E-state index contributed by atoms with van der Waals surface area (Å²) in [6.07, 6.45) is 2.51. The number of ether oxygens (including phenoxy) is 1. The van der Waals surface area contributed by atoms with Crippen LogP contribution in [0.25, 0.3) is 0 Å². The van der Waals surface area contributed by atoms with E-state index in [1.54, 1.807) is 19.4 Å². The van der Waals surface area contributed by atoms with Crippen LogP contribution in [0.15, 0.2) is 24.4 Å². The third kappa shape index (κ3) is 2.52. The van der Waals surface area contributed by atoms with E-state index >= 15 is 0 Å². The number of benzene rings is 1. The van der Waals surface area contributed by atoms with E-state index in [0.29, 0.717) is 17.8 Å². The average molecular weight is 300 g/mol. The van der Waals surface area contributed by atoms with Crippen molar-refractivity contribution in [2.75, 3.05) is 25.9 Å². The largest absolute Gasteiger partial charge is 0.496 e. The number of aromatic amines is 1.